The number of nitrogen functional groups attached to an aromatic ring is 1. The Bertz CT molecular complexity index is 508. The maximum absolute atomic E-state index is 11.6. The molecule has 0 unspecified atom stereocenters. The highest BCUT2D eigenvalue weighted by Crippen LogP contribution is 2.19. The molecule has 0 amide bonds. The maximum Gasteiger partial charge on any atom is 0.350 e. The van der Waals surface area contributed by atoms with Crippen LogP contribution in [-0.2, 0) is 11.2 Å². The summed E-state index contributed by atoms with van der Waals surface area (Å²) in [5.41, 5.74) is 7.39. The van der Waals surface area contributed by atoms with Gasteiger partial charge in [-0.3, -0.25) is 0 Å². The van der Waals surface area contributed by atoms with Gasteiger partial charge in [-0.2, -0.15) is 0 Å². The SMILES string of the molecule is Nc1ccsc1C(=O)OCCCc1ccccc1. The zero-order valence-corrected chi connectivity index (χ0v) is 10.8. The standard InChI is InChI=1S/C14H15NO2S/c15-12-8-10-18-13(12)14(16)17-9-4-7-11-5-2-1-3-6-11/h1-3,5-6,8,10H,4,7,9,15H2. The zero-order chi connectivity index (χ0) is 12.8. The highest BCUT2D eigenvalue weighted by atomic mass is 32.1. The molecular formula is C14H15NO2S. The Kier molecular flexibility index (Phi) is 4.36. The number of aryl methyl sites for hydroxylation is 1. The first-order valence-corrected chi connectivity index (χ1v) is 6.69. The van der Waals surface area contributed by atoms with E-state index in [2.05, 4.69) is 12.1 Å². The predicted molar refractivity (Wildman–Crippen MR) is 73.8 cm³/mol. The minimum absolute atomic E-state index is 0.324. The lowest BCUT2D eigenvalue weighted by molar-refractivity contribution is 0.0507. The summed E-state index contributed by atoms with van der Waals surface area (Å²) >= 11 is 1.31. The third-order valence-corrected chi connectivity index (χ3v) is 3.48. The van der Waals surface area contributed by atoms with Crippen LogP contribution in [0, 0.1) is 0 Å². The Morgan fingerprint density at radius 2 is 2.00 bits per heavy atom. The Labute approximate surface area is 110 Å². The lowest BCUT2D eigenvalue weighted by Gasteiger charge is -2.04. The number of hydrogen-bond donors (Lipinski definition) is 1. The average Bonchev–Trinajstić information content (AvgIpc) is 2.82. The predicted octanol–water partition coefficient (Wildman–Crippen LogP) is 3.12. The molecule has 2 N–H and O–H groups in total. The molecule has 0 fully saturated rings. The van der Waals surface area contributed by atoms with Crippen LogP contribution in [0.2, 0.25) is 0 Å². The Morgan fingerprint density at radius 3 is 2.67 bits per heavy atom. The zero-order valence-electron chi connectivity index (χ0n) is 9.96. The number of carbonyl (C=O) groups is 1. The molecule has 1 aromatic heterocycles. The van der Waals surface area contributed by atoms with Crippen molar-refractivity contribution in [2.24, 2.45) is 0 Å². The molecule has 2 rings (SSSR count). The molecule has 1 heterocycles. The summed E-state index contributed by atoms with van der Waals surface area (Å²) in [5, 5.41) is 1.79. The van der Waals surface area contributed by atoms with E-state index in [-0.39, 0.29) is 5.97 Å². The first-order valence-electron chi connectivity index (χ1n) is 5.81. The minimum atomic E-state index is -0.324. The van der Waals surface area contributed by atoms with E-state index in [1.807, 2.05) is 18.2 Å². The Morgan fingerprint density at radius 1 is 1.22 bits per heavy atom. The number of carbonyl (C=O) groups excluding carboxylic acids is 1. The first kappa shape index (κ1) is 12.6. The van der Waals surface area contributed by atoms with E-state index in [0.717, 1.165) is 12.8 Å². The largest absolute Gasteiger partial charge is 0.461 e. The van der Waals surface area contributed by atoms with Crippen LogP contribution >= 0.6 is 11.3 Å². The molecule has 94 valence electrons. The number of thiophene rings is 1. The molecule has 0 saturated carbocycles. The molecule has 18 heavy (non-hydrogen) atoms. The first-order chi connectivity index (χ1) is 8.77. The number of ether oxygens (including phenoxy) is 1. The summed E-state index contributed by atoms with van der Waals surface area (Å²) < 4.78 is 5.18. The summed E-state index contributed by atoms with van der Waals surface area (Å²) in [6.07, 6.45) is 1.73. The van der Waals surface area contributed by atoms with Crippen molar-refractivity contribution in [1.29, 1.82) is 0 Å². The van der Waals surface area contributed by atoms with E-state index >= 15 is 0 Å². The summed E-state index contributed by atoms with van der Waals surface area (Å²) in [4.78, 5) is 12.1. The fourth-order valence-electron chi connectivity index (χ4n) is 1.64. The average molecular weight is 261 g/mol. The molecular weight excluding hydrogens is 246 g/mol. The van der Waals surface area contributed by atoms with Crippen LogP contribution < -0.4 is 5.73 Å². The number of hydrogen-bond acceptors (Lipinski definition) is 4. The maximum atomic E-state index is 11.6. The van der Waals surface area contributed by atoms with Gasteiger partial charge in [-0.25, -0.2) is 4.79 Å². The molecule has 3 nitrogen and oxygen atoms in total. The Hall–Kier alpha value is -1.81. The Balaban J connectivity index is 1.73. The van der Waals surface area contributed by atoms with Crippen molar-refractivity contribution in [3.8, 4) is 0 Å². The molecule has 0 aliphatic rings. The second kappa shape index (κ2) is 6.21. The van der Waals surface area contributed by atoms with Gasteiger partial charge in [0.1, 0.15) is 4.88 Å². The van der Waals surface area contributed by atoms with Gasteiger partial charge in [-0.1, -0.05) is 30.3 Å². The van der Waals surface area contributed by atoms with Crippen molar-refractivity contribution < 1.29 is 9.53 Å². The third kappa shape index (κ3) is 3.34. The van der Waals surface area contributed by atoms with Crippen LogP contribution in [0.1, 0.15) is 21.7 Å². The topological polar surface area (TPSA) is 52.3 Å². The monoisotopic (exact) mass is 261 g/mol. The van der Waals surface area contributed by atoms with E-state index < -0.39 is 0 Å². The number of nitrogens with two attached hydrogens (primary N) is 1. The second-order valence-electron chi connectivity index (χ2n) is 3.93. The van der Waals surface area contributed by atoms with Crippen LogP contribution in [0.15, 0.2) is 41.8 Å². The van der Waals surface area contributed by atoms with E-state index in [9.17, 15) is 4.79 Å². The smallest absolute Gasteiger partial charge is 0.350 e. The quantitative estimate of drug-likeness (QED) is 0.664. The van der Waals surface area contributed by atoms with Crippen LogP contribution in [0.3, 0.4) is 0 Å². The van der Waals surface area contributed by atoms with Gasteiger partial charge in [0.05, 0.1) is 12.3 Å². The van der Waals surface area contributed by atoms with Crippen molar-refractivity contribution >= 4 is 23.0 Å². The van der Waals surface area contributed by atoms with E-state index in [0.29, 0.717) is 17.2 Å². The molecule has 0 radical (unpaired) electrons. The molecule has 0 aliphatic carbocycles. The van der Waals surface area contributed by atoms with Gasteiger partial charge < -0.3 is 10.5 Å². The van der Waals surface area contributed by atoms with Crippen molar-refractivity contribution in [1.82, 2.24) is 0 Å². The molecule has 0 atom stereocenters. The molecule has 1 aromatic carbocycles. The summed E-state index contributed by atoms with van der Waals surface area (Å²) in [6, 6.07) is 11.9. The summed E-state index contributed by atoms with van der Waals surface area (Å²) in [6.45, 7) is 0.422. The molecule has 0 aliphatic heterocycles. The van der Waals surface area contributed by atoms with Crippen LogP contribution in [-0.4, -0.2) is 12.6 Å². The number of esters is 1. The normalized spacial score (nSPS) is 10.2. The van der Waals surface area contributed by atoms with E-state index in [4.69, 9.17) is 10.5 Å². The molecule has 0 bridgehead atoms. The van der Waals surface area contributed by atoms with Crippen LogP contribution in [0.25, 0.3) is 0 Å². The molecule has 2 aromatic rings. The summed E-state index contributed by atoms with van der Waals surface area (Å²) in [5.74, 6) is -0.324. The second-order valence-corrected chi connectivity index (χ2v) is 4.85. The van der Waals surface area contributed by atoms with Crippen LogP contribution in [0.5, 0.6) is 0 Å². The third-order valence-electron chi connectivity index (χ3n) is 2.57. The van der Waals surface area contributed by atoms with Gasteiger partial charge in [0, 0.05) is 0 Å². The van der Waals surface area contributed by atoms with Gasteiger partial charge in [0.15, 0.2) is 0 Å². The lowest BCUT2D eigenvalue weighted by atomic mass is 10.1. The molecule has 4 heteroatoms. The lowest BCUT2D eigenvalue weighted by Crippen LogP contribution is -2.07. The highest BCUT2D eigenvalue weighted by Gasteiger charge is 2.11. The van der Waals surface area contributed by atoms with Crippen molar-refractivity contribution in [2.75, 3.05) is 12.3 Å². The fraction of sp³-hybridized carbons (Fsp3) is 0.214. The van der Waals surface area contributed by atoms with Crippen molar-refractivity contribution in [3.05, 3.63) is 52.2 Å². The van der Waals surface area contributed by atoms with Gasteiger partial charge in [0.25, 0.3) is 0 Å². The minimum Gasteiger partial charge on any atom is -0.461 e. The van der Waals surface area contributed by atoms with Gasteiger partial charge in [-0.15, -0.1) is 11.3 Å². The van der Waals surface area contributed by atoms with Gasteiger partial charge in [0.2, 0.25) is 0 Å². The summed E-state index contributed by atoms with van der Waals surface area (Å²) in [7, 11) is 0. The molecule has 0 spiro atoms. The van der Waals surface area contributed by atoms with Crippen molar-refractivity contribution in [2.45, 2.75) is 12.8 Å². The fourth-order valence-corrected chi connectivity index (χ4v) is 2.35. The van der Waals surface area contributed by atoms with Gasteiger partial charge in [-0.05, 0) is 29.9 Å². The van der Waals surface area contributed by atoms with E-state index in [1.54, 1.807) is 11.4 Å². The number of benzene rings is 1. The van der Waals surface area contributed by atoms with Crippen LogP contribution in [0.4, 0.5) is 5.69 Å². The van der Waals surface area contributed by atoms with E-state index in [1.165, 1.54) is 16.9 Å². The number of anilines is 1. The molecule has 0 saturated heterocycles. The van der Waals surface area contributed by atoms with Gasteiger partial charge >= 0.3 is 5.97 Å². The highest BCUT2D eigenvalue weighted by molar-refractivity contribution is 7.12. The van der Waals surface area contributed by atoms with Crippen molar-refractivity contribution in [3.63, 3.8) is 0 Å². The number of rotatable bonds is 5.